The fourth-order valence-corrected chi connectivity index (χ4v) is 2.02. The van der Waals surface area contributed by atoms with E-state index in [0.29, 0.717) is 0 Å². The second kappa shape index (κ2) is 3.81. The maximum absolute atomic E-state index is 5.35. The Hall–Kier alpha value is -1.71. The number of hydrazone groups is 1. The Morgan fingerprint density at radius 2 is 2.00 bits per heavy atom. The first kappa shape index (κ1) is 9.83. The number of hydrogen-bond donors (Lipinski definition) is 1. The first-order chi connectivity index (χ1) is 7.31. The summed E-state index contributed by atoms with van der Waals surface area (Å²) in [6, 6.07) is 3.86. The first-order valence-electron chi connectivity index (χ1n) is 4.82. The molecule has 1 aromatic rings. The Bertz CT molecular complexity index is 413. The third-order valence-electron chi connectivity index (χ3n) is 2.73. The van der Waals surface area contributed by atoms with E-state index in [4.69, 9.17) is 15.3 Å². The summed E-state index contributed by atoms with van der Waals surface area (Å²) < 4.78 is 10.6. The largest absolute Gasteiger partial charge is 0.493 e. The standard InChI is InChI=1S/C11H14N2O2/c1-14-10-6-4-7-8(11(10)15-2)3-5-9(7)13-12/h4,6H,3,5,12H2,1-2H3. The van der Waals surface area contributed by atoms with Gasteiger partial charge in [-0.25, -0.2) is 0 Å². The molecule has 0 aromatic heterocycles. The van der Waals surface area contributed by atoms with Crippen LogP contribution < -0.4 is 15.3 Å². The van der Waals surface area contributed by atoms with Gasteiger partial charge >= 0.3 is 0 Å². The summed E-state index contributed by atoms with van der Waals surface area (Å²) >= 11 is 0. The molecule has 1 aromatic carbocycles. The smallest absolute Gasteiger partial charge is 0.164 e. The third-order valence-corrected chi connectivity index (χ3v) is 2.73. The van der Waals surface area contributed by atoms with Crippen molar-refractivity contribution in [1.29, 1.82) is 0 Å². The van der Waals surface area contributed by atoms with Crippen molar-refractivity contribution < 1.29 is 9.47 Å². The highest BCUT2D eigenvalue weighted by Gasteiger charge is 2.23. The van der Waals surface area contributed by atoms with Gasteiger partial charge in [-0.1, -0.05) is 0 Å². The number of rotatable bonds is 2. The lowest BCUT2D eigenvalue weighted by Gasteiger charge is -2.11. The molecule has 0 heterocycles. The number of methoxy groups -OCH3 is 2. The summed E-state index contributed by atoms with van der Waals surface area (Å²) in [5.74, 6) is 6.89. The molecule has 0 atom stereocenters. The summed E-state index contributed by atoms with van der Waals surface area (Å²) in [6.45, 7) is 0. The van der Waals surface area contributed by atoms with E-state index in [1.165, 1.54) is 0 Å². The summed E-state index contributed by atoms with van der Waals surface area (Å²) in [6.07, 6.45) is 1.78. The average molecular weight is 206 g/mol. The lowest BCUT2D eigenvalue weighted by molar-refractivity contribution is 0.352. The second-order valence-electron chi connectivity index (χ2n) is 3.40. The molecule has 80 valence electrons. The molecule has 2 rings (SSSR count). The minimum Gasteiger partial charge on any atom is -0.493 e. The van der Waals surface area contributed by atoms with Gasteiger partial charge < -0.3 is 15.3 Å². The van der Waals surface area contributed by atoms with Crippen LogP contribution in [0.5, 0.6) is 11.5 Å². The number of ether oxygens (including phenoxy) is 2. The Morgan fingerprint density at radius 3 is 2.60 bits per heavy atom. The highest BCUT2D eigenvalue weighted by Crippen LogP contribution is 2.38. The molecule has 0 spiro atoms. The SMILES string of the molecule is COc1ccc2c(c1OC)CCC2=NN. The van der Waals surface area contributed by atoms with E-state index in [1.54, 1.807) is 14.2 Å². The van der Waals surface area contributed by atoms with Crippen molar-refractivity contribution in [2.45, 2.75) is 12.8 Å². The Balaban J connectivity index is 2.58. The van der Waals surface area contributed by atoms with Crippen molar-refractivity contribution >= 4 is 5.71 Å². The Kier molecular flexibility index (Phi) is 2.49. The van der Waals surface area contributed by atoms with E-state index in [2.05, 4.69) is 5.10 Å². The molecule has 1 aliphatic rings. The van der Waals surface area contributed by atoms with E-state index in [1.807, 2.05) is 12.1 Å². The zero-order chi connectivity index (χ0) is 10.8. The van der Waals surface area contributed by atoms with Gasteiger partial charge in [-0.2, -0.15) is 5.10 Å². The fraction of sp³-hybridized carbons (Fsp3) is 0.364. The monoisotopic (exact) mass is 206 g/mol. The van der Waals surface area contributed by atoms with Crippen molar-refractivity contribution in [2.24, 2.45) is 10.9 Å². The molecule has 0 fully saturated rings. The molecule has 0 amide bonds. The van der Waals surface area contributed by atoms with Gasteiger partial charge in [-0.05, 0) is 25.0 Å². The molecule has 1 aliphatic carbocycles. The molecular weight excluding hydrogens is 192 g/mol. The predicted molar refractivity (Wildman–Crippen MR) is 58.6 cm³/mol. The summed E-state index contributed by atoms with van der Waals surface area (Å²) in [4.78, 5) is 0. The average Bonchev–Trinajstić information content (AvgIpc) is 2.70. The highest BCUT2D eigenvalue weighted by atomic mass is 16.5. The van der Waals surface area contributed by atoms with Gasteiger partial charge in [0.1, 0.15) is 0 Å². The molecule has 0 radical (unpaired) electrons. The van der Waals surface area contributed by atoms with Crippen LogP contribution in [0.1, 0.15) is 17.5 Å². The molecule has 0 aliphatic heterocycles. The van der Waals surface area contributed by atoms with Gasteiger partial charge in [0.2, 0.25) is 0 Å². The normalized spacial score (nSPS) is 16.5. The van der Waals surface area contributed by atoms with Crippen LogP contribution in [0.15, 0.2) is 17.2 Å². The number of nitrogens with zero attached hydrogens (tertiary/aromatic N) is 1. The number of fused-ring (bicyclic) bond motifs is 1. The molecule has 2 N–H and O–H groups in total. The zero-order valence-electron chi connectivity index (χ0n) is 8.91. The molecule has 4 heteroatoms. The van der Waals surface area contributed by atoms with Gasteiger partial charge in [-0.3, -0.25) is 0 Å². The quantitative estimate of drug-likeness (QED) is 0.586. The number of benzene rings is 1. The van der Waals surface area contributed by atoms with Crippen molar-refractivity contribution in [3.8, 4) is 11.5 Å². The Labute approximate surface area is 88.7 Å². The van der Waals surface area contributed by atoms with Crippen LogP contribution >= 0.6 is 0 Å². The third kappa shape index (κ3) is 1.42. The van der Waals surface area contributed by atoms with Crippen LogP contribution in [0, 0.1) is 0 Å². The van der Waals surface area contributed by atoms with Crippen molar-refractivity contribution in [1.82, 2.24) is 0 Å². The van der Waals surface area contributed by atoms with E-state index >= 15 is 0 Å². The van der Waals surface area contributed by atoms with E-state index in [0.717, 1.165) is 41.2 Å². The minimum absolute atomic E-state index is 0.759. The second-order valence-corrected chi connectivity index (χ2v) is 3.40. The van der Waals surface area contributed by atoms with Crippen LogP contribution in [0.4, 0.5) is 0 Å². The highest BCUT2D eigenvalue weighted by molar-refractivity contribution is 6.05. The maximum Gasteiger partial charge on any atom is 0.164 e. The van der Waals surface area contributed by atoms with Gasteiger partial charge in [0.15, 0.2) is 11.5 Å². The zero-order valence-corrected chi connectivity index (χ0v) is 8.91. The number of nitrogens with two attached hydrogens (primary N) is 1. The van der Waals surface area contributed by atoms with Crippen LogP contribution in [0.25, 0.3) is 0 Å². The van der Waals surface area contributed by atoms with Gasteiger partial charge in [0, 0.05) is 11.1 Å². The van der Waals surface area contributed by atoms with Gasteiger partial charge in [0.25, 0.3) is 0 Å². The van der Waals surface area contributed by atoms with Crippen molar-refractivity contribution in [2.75, 3.05) is 14.2 Å². The predicted octanol–water partition coefficient (Wildman–Crippen LogP) is 1.31. The van der Waals surface area contributed by atoms with E-state index in [9.17, 15) is 0 Å². The summed E-state index contributed by atoms with van der Waals surface area (Å²) in [5, 5.41) is 3.78. The lowest BCUT2D eigenvalue weighted by atomic mass is 10.1. The molecule has 0 bridgehead atoms. The van der Waals surface area contributed by atoms with E-state index in [-0.39, 0.29) is 0 Å². The molecule has 0 saturated carbocycles. The lowest BCUT2D eigenvalue weighted by Crippen LogP contribution is -2.00. The van der Waals surface area contributed by atoms with Gasteiger partial charge in [0.05, 0.1) is 19.9 Å². The van der Waals surface area contributed by atoms with E-state index < -0.39 is 0 Å². The van der Waals surface area contributed by atoms with Crippen molar-refractivity contribution in [3.63, 3.8) is 0 Å². The first-order valence-corrected chi connectivity index (χ1v) is 4.82. The Morgan fingerprint density at radius 1 is 1.20 bits per heavy atom. The van der Waals surface area contributed by atoms with Crippen LogP contribution in [-0.2, 0) is 6.42 Å². The molecule has 0 unspecified atom stereocenters. The summed E-state index contributed by atoms with van der Waals surface area (Å²) in [7, 11) is 3.28. The van der Waals surface area contributed by atoms with Crippen molar-refractivity contribution in [3.05, 3.63) is 23.3 Å². The van der Waals surface area contributed by atoms with Crippen LogP contribution in [0.2, 0.25) is 0 Å². The molecule has 15 heavy (non-hydrogen) atoms. The topological polar surface area (TPSA) is 56.8 Å². The molecule has 0 saturated heterocycles. The maximum atomic E-state index is 5.35. The van der Waals surface area contributed by atoms with Gasteiger partial charge in [-0.15, -0.1) is 0 Å². The van der Waals surface area contributed by atoms with Crippen LogP contribution in [-0.4, -0.2) is 19.9 Å². The molecular formula is C11H14N2O2. The van der Waals surface area contributed by atoms with Crippen LogP contribution in [0.3, 0.4) is 0 Å². The molecule has 4 nitrogen and oxygen atoms in total. The fourth-order valence-electron chi connectivity index (χ4n) is 2.02. The number of hydrogen-bond acceptors (Lipinski definition) is 4. The summed E-state index contributed by atoms with van der Waals surface area (Å²) in [5.41, 5.74) is 3.15. The minimum atomic E-state index is 0.759.